The summed E-state index contributed by atoms with van der Waals surface area (Å²) in [4.78, 5) is 0. The number of hydrogen-bond donors (Lipinski definition) is 0. The van der Waals surface area contributed by atoms with E-state index in [1.807, 2.05) is 0 Å². The van der Waals surface area contributed by atoms with Gasteiger partial charge in [0.05, 0.1) is 0 Å². The van der Waals surface area contributed by atoms with E-state index in [-0.39, 0.29) is 0 Å². The predicted molar refractivity (Wildman–Crippen MR) is 48.6 cm³/mol. The zero-order valence-corrected chi connectivity index (χ0v) is 13.4. The molecule has 0 atom stereocenters. The van der Waals surface area contributed by atoms with Gasteiger partial charge in [0, 0.05) is 0 Å². The molecule has 2 nitrogen and oxygen atoms in total. The second kappa shape index (κ2) is 9.60. The first kappa shape index (κ1) is 12.5. The van der Waals surface area contributed by atoms with Gasteiger partial charge in [0.25, 0.3) is 0 Å². The third-order valence-corrected chi connectivity index (χ3v) is 4.42. The third kappa shape index (κ3) is 11.5. The molecule has 0 fully saturated rings. The van der Waals surface area contributed by atoms with Gasteiger partial charge in [0.15, 0.2) is 0 Å². The van der Waals surface area contributed by atoms with Crippen LogP contribution in [0.5, 0.6) is 0 Å². The van der Waals surface area contributed by atoms with Crippen molar-refractivity contribution in [1.82, 2.24) is 0 Å². The summed E-state index contributed by atoms with van der Waals surface area (Å²) in [5.74, 6) is 0.837. The van der Waals surface area contributed by atoms with Gasteiger partial charge in [-0.3, -0.25) is 0 Å². The van der Waals surface area contributed by atoms with Crippen LogP contribution in [0.2, 0.25) is 0 Å². The maximum absolute atomic E-state index is 5.34. The van der Waals surface area contributed by atoms with Crippen LogP contribution in [0.3, 0.4) is 0 Å². The Bertz CT molecular complexity index is 78.8. The molecule has 4 heteroatoms. The summed E-state index contributed by atoms with van der Waals surface area (Å²) in [5, 5.41) is 0. The molecule has 0 bridgehead atoms. The fraction of sp³-hybridized carbons (Fsp3) is 1.00. The van der Waals surface area contributed by atoms with E-state index in [1.165, 1.54) is 19.3 Å². The van der Waals surface area contributed by atoms with Crippen molar-refractivity contribution in [2.75, 3.05) is 6.61 Å². The first-order chi connectivity index (χ1) is 5.27. The average molecular weight is 370 g/mol. The van der Waals surface area contributed by atoms with Crippen LogP contribution in [0.15, 0.2) is 0 Å². The quantitative estimate of drug-likeness (QED) is 0.496. The number of rotatable bonds is 7. The molecule has 0 spiro atoms. The van der Waals surface area contributed by atoms with Gasteiger partial charge in [-0.1, -0.05) is 0 Å². The zero-order valence-electron chi connectivity index (χ0n) is 7.30. The van der Waals surface area contributed by atoms with E-state index in [0.717, 1.165) is 35.5 Å². The van der Waals surface area contributed by atoms with Crippen molar-refractivity contribution in [3.8, 4) is 0 Å². The monoisotopic (exact) mass is 372 g/mol. The fourth-order valence-corrected chi connectivity index (χ4v) is 2.95. The van der Waals surface area contributed by atoms with Crippen molar-refractivity contribution in [2.24, 2.45) is 5.92 Å². The summed E-state index contributed by atoms with van der Waals surface area (Å²) < 4.78 is 10.4. The van der Waals surface area contributed by atoms with Crippen molar-refractivity contribution >= 4 is 44.9 Å². The van der Waals surface area contributed by atoms with E-state index in [1.54, 1.807) is 0 Å². The molecule has 0 aliphatic heterocycles. The third-order valence-electron chi connectivity index (χ3n) is 1.38. The van der Waals surface area contributed by atoms with Gasteiger partial charge in [-0.2, -0.15) is 0 Å². The number of unbranched alkanes of at least 4 members (excludes halogenated alkanes) is 1. The standard InChI is InChI=1S/C7H15O.O.2Sn.H/c1-7(2)5-3-4-6-8;;;;/h7H,3-6H2,1-2H3;;;;/q-1;;;+1;. The molecule has 0 heterocycles. The second-order valence-corrected chi connectivity index (χ2v) is 9.42. The molecule has 0 N–H and O–H groups in total. The molecule has 0 aliphatic carbocycles. The molecule has 0 unspecified atom stereocenters. The van der Waals surface area contributed by atoms with Crippen molar-refractivity contribution in [2.45, 2.75) is 33.1 Å². The molecule has 0 aromatic heterocycles. The van der Waals surface area contributed by atoms with Crippen LogP contribution in [0.4, 0.5) is 0 Å². The van der Waals surface area contributed by atoms with Gasteiger partial charge in [-0.05, 0) is 0 Å². The van der Waals surface area contributed by atoms with Gasteiger partial charge in [-0.15, -0.1) is 0 Å². The summed E-state index contributed by atoms with van der Waals surface area (Å²) in [6.45, 7) is 5.45. The first-order valence-electron chi connectivity index (χ1n) is 4.00. The van der Waals surface area contributed by atoms with Crippen molar-refractivity contribution < 1.29 is 4.49 Å². The van der Waals surface area contributed by atoms with Crippen LogP contribution >= 0.6 is 0 Å². The van der Waals surface area contributed by atoms with Crippen LogP contribution < -0.4 is 0 Å². The number of hydrogen-bond acceptors (Lipinski definition) is 2. The summed E-state index contributed by atoms with van der Waals surface area (Å²) in [7, 11) is 0. The topological polar surface area (TPSA) is 18.5 Å². The Hall–Kier alpha value is 1.52. The van der Waals surface area contributed by atoms with Crippen LogP contribution in [0.1, 0.15) is 33.1 Å². The second-order valence-electron chi connectivity index (χ2n) is 2.94. The molecule has 0 aromatic carbocycles. The van der Waals surface area contributed by atoms with Crippen LogP contribution in [0.25, 0.3) is 0 Å². The Morgan fingerprint density at radius 3 is 2.64 bits per heavy atom. The van der Waals surface area contributed by atoms with Gasteiger partial charge >= 0.3 is 95.0 Å². The van der Waals surface area contributed by atoms with E-state index in [2.05, 4.69) is 13.8 Å². The summed E-state index contributed by atoms with van der Waals surface area (Å²) in [5.41, 5.74) is 0. The molecule has 0 saturated carbocycles. The maximum atomic E-state index is 5.34. The van der Waals surface area contributed by atoms with Crippen LogP contribution in [-0.4, -0.2) is 51.5 Å². The summed E-state index contributed by atoms with van der Waals surface area (Å²) in [6.07, 6.45) is 3.84. The molecular weight excluding hydrogens is 353 g/mol. The summed E-state index contributed by atoms with van der Waals surface area (Å²) >= 11 is 0.107. The van der Waals surface area contributed by atoms with Gasteiger partial charge in [-0.25, -0.2) is 0 Å². The van der Waals surface area contributed by atoms with E-state index in [4.69, 9.17) is 4.49 Å². The molecule has 0 amide bonds. The zero-order chi connectivity index (χ0) is 8.53. The molecule has 0 rings (SSSR count). The van der Waals surface area contributed by atoms with Gasteiger partial charge in [0.1, 0.15) is 0 Å². The molecule has 0 aliphatic rings. The molecule has 64 valence electrons. The van der Waals surface area contributed by atoms with E-state index < -0.39 is 22.0 Å². The minimum absolute atomic E-state index is 0.805. The Morgan fingerprint density at radius 2 is 2.09 bits per heavy atom. The Kier molecular flexibility index (Phi) is 10.9. The van der Waals surface area contributed by atoms with Gasteiger partial charge in [0.2, 0.25) is 0 Å². The molecule has 0 aromatic rings. The average Bonchev–Trinajstić information content (AvgIpc) is 1.96. The normalized spacial score (nSPS) is 10.9. The predicted octanol–water partition coefficient (Wildman–Crippen LogP) is 1.20. The molecule has 4 radical (unpaired) electrons. The van der Waals surface area contributed by atoms with Crippen molar-refractivity contribution in [3.05, 3.63) is 0 Å². The summed E-state index contributed by atoms with van der Waals surface area (Å²) in [6, 6.07) is 0. The Morgan fingerprint density at radius 1 is 1.36 bits per heavy atom. The van der Waals surface area contributed by atoms with E-state index in [0.29, 0.717) is 0 Å². The SMILES string of the molecule is CC(C)CCCC[O][Sn][O][SnH]. The van der Waals surface area contributed by atoms with Gasteiger partial charge < -0.3 is 0 Å². The van der Waals surface area contributed by atoms with E-state index in [9.17, 15) is 0 Å². The molecule has 0 saturated heterocycles. The molecule has 11 heavy (non-hydrogen) atoms. The van der Waals surface area contributed by atoms with Crippen molar-refractivity contribution in [1.29, 1.82) is 0 Å². The fourth-order valence-electron chi connectivity index (χ4n) is 0.803. The van der Waals surface area contributed by atoms with Crippen LogP contribution in [0, 0.1) is 5.92 Å². The van der Waals surface area contributed by atoms with Crippen molar-refractivity contribution in [3.63, 3.8) is 0 Å². The first-order valence-corrected chi connectivity index (χ1v) is 7.67. The Labute approximate surface area is 94.4 Å². The van der Waals surface area contributed by atoms with Crippen LogP contribution in [-0.2, 0) is 4.49 Å². The molecular formula is C7H16O2Sn2. The Balaban J connectivity index is 2.80. The minimum atomic E-state index is -0.805. The van der Waals surface area contributed by atoms with E-state index >= 15 is 0 Å².